The van der Waals surface area contributed by atoms with Crippen molar-refractivity contribution in [3.05, 3.63) is 137 Å². The molecule has 1 aromatic heterocycles. The summed E-state index contributed by atoms with van der Waals surface area (Å²) in [7, 11) is 0. The van der Waals surface area contributed by atoms with E-state index in [1.54, 1.807) is 43.3 Å². The largest absolute Gasteiger partial charge is 0.343 e. The van der Waals surface area contributed by atoms with E-state index in [9.17, 15) is 18.8 Å². The van der Waals surface area contributed by atoms with Crippen molar-refractivity contribution in [1.82, 2.24) is 9.47 Å². The van der Waals surface area contributed by atoms with Gasteiger partial charge >= 0.3 is 0 Å². The third-order valence-electron chi connectivity index (χ3n) is 7.80. The van der Waals surface area contributed by atoms with Gasteiger partial charge in [0.05, 0.1) is 22.4 Å². The molecule has 0 spiro atoms. The van der Waals surface area contributed by atoms with Gasteiger partial charge in [0.2, 0.25) is 0 Å². The van der Waals surface area contributed by atoms with Crippen LogP contribution in [0.15, 0.2) is 109 Å². The lowest BCUT2D eigenvalue weighted by atomic mass is 9.94. The molecular formula is C38H36FN3O3. The summed E-state index contributed by atoms with van der Waals surface area (Å²) in [5.74, 6) is -0.667. The van der Waals surface area contributed by atoms with Gasteiger partial charge in [0.25, 0.3) is 17.7 Å². The van der Waals surface area contributed by atoms with Gasteiger partial charge in [-0.3, -0.25) is 19.3 Å². The number of nitrogens with one attached hydrogen (secondary N) is 1. The topological polar surface area (TPSA) is 71.4 Å². The van der Waals surface area contributed by atoms with Gasteiger partial charge in [-0.2, -0.15) is 0 Å². The minimum atomic E-state index is -0.282. The molecule has 0 saturated heterocycles. The van der Waals surface area contributed by atoms with E-state index in [-0.39, 0.29) is 29.5 Å². The lowest BCUT2D eigenvalue weighted by molar-refractivity contribution is 0.0662. The van der Waals surface area contributed by atoms with Crippen LogP contribution in [-0.2, 0) is 6.54 Å². The van der Waals surface area contributed by atoms with E-state index >= 15 is 0 Å². The molecule has 1 N–H and O–H groups in total. The maximum atomic E-state index is 13.7. The average molecular weight is 602 g/mol. The Balaban J connectivity index is 0.000000256. The number of para-hydroxylation sites is 1. The Labute approximate surface area is 263 Å². The number of aromatic nitrogens is 1. The van der Waals surface area contributed by atoms with Gasteiger partial charge < -0.3 is 9.88 Å². The lowest BCUT2D eigenvalue weighted by Crippen LogP contribution is -2.29. The van der Waals surface area contributed by atoms with Crippen molar-refractivity contribution in [2.24, 2.45) is 0 Å². The van der Waals surface area contributed by atoms with E-state index < -0.39 is 0 Å². The third-order valence-corrected chi connectivity index (χ3v) is 7.80. The molecule has 0 fully saturated rings. The summed E-state index contributed by atoms with van der Waals surface area (Å²) in [6, 6.07) is 32.8. The number of amides is 3. The lowest BCUT2D eigenvalue weighted by Gasteiger charge is -2.15. The van der Waals surface area contributed by atoms with Gasteiger partial charge in [-0.1, -0.05) is 74.5 Å². The number of benzene rings is 4. The minimum absolute atomic E-state index is 0.114. The van der Waals surface area contributed by atoms with Crippen LogP contribution in [0.4, 0.5) is 10.1 Å². The minimum Gasteiger partial charge on any atom is -0.343 e. The first-order chi connectivity index (χ1) is 21.8. The molecule has 0 radical (unpaired) electrons. The van der Waals surface area contributed by atoms with Crippen molar-refractivity contribution < 1.29 is 18.8 Å². The van der Waals surface area contributed by atoms with Gasteiger partial charge in [0, 0.05) is 30.0 Å². The smallest absolute Gasteiger partial charge is 0.261 e. The van der Waals surface area contributed by atoms with Crippen molar-refractivity contribution in [3.8, 4) is 22.4 Å². The van der Waals surface area contributed by atoms with E-state index in [1.165, 1.54) is 17.0 Å². The standard InChI is InChI=1S/C28H27FN2O.C10H9NO2/c1-4-31-26(19(2)3)25(28(32)30-23-13-9-6-10-14-23)24(20-11-7-5-8-12-20)27(31)21-15-17-22(29)18-16-21;1-2-11-9(12)7-5-3-4-6-8(7)10(11)13/h5-19H,4H2,1-3H3,(H,30,32);3-6H,2H2,1H3. The van der Waals surface area contributed by atoms with Crippen LogP contribution in [-0.4, -0.2) is 33.7 Å². The highest BCUT2D eigenvalue weighted by atomic mass is 19.1. The molecule has 4 aromatic carbocycles. The number of carbonyl (C=O) groups excluding carboxylic acids is 3. The van der Waals surface area contributed by atoms with Crippen LogP contribution < -0.4 is 5.32 Å². The number of hydrogen-bond acceptors (Lipinski definition) is 3. The third kappa shape index (κ3) is 6.20. The zero-order valence-electron chi connectivity index (χ0n) is 25.9. The molecule has 6 rings (SSSR count). The predicted octanol–water partition coefficient (Wildman–Crippen LogP) is 8.66. The molecule has 6 nitrogen and oxygen atoms in total. The second-order valence-corrected chi connectivity index (χ2v) is 11.0. The monoisotopic (exact) mass is 601 g/mol. The summed E-state index contributed by atoms with van der Waals surface area (Å²) in [6.45, 7) is 9.20. The molecule has 45 heavy (non-hydrogen) atoms. The van der Waals surface area contributed by atoms with Gasteiger partial charge in [-0.15, -0.1) is 0 Å². The molecule has 0 aliphatic carbocycles. The zero-order chi connectivity index (χ0) is 32.1. The van der Waals surface area contributed by atoms with Crippen molar-refractivity contribution >= 4 is 23.4 Å². The van der Waals surface area contributed by atoms with E-state index in [4.69, 9.17) is 0 Å². The number of rotatable bonds is 7. The second-order valence-electron chi connectivity index (χ2n) is 11.0. The first kappa shape index (κ1) is 31.1. The Kier molecular flexibility index (Phi) is 9.38. The second kappa shape index (κ2) is 13.6. The quantitative estimate of drug-likeness (QED) is 0.190. The van der Waals surface area contributed by atoms with Crippen molar-refractivity contribution in [2.75, 3.05) is 11.9 Å². The number of nitrogens with zero attached hydrogens (tertiary/aromatic N) is 2. The average Bonchev–Trinajstić information content (AvgIpc) is 3.54. The van der Waals surface area contributed by atoms with Crippen LogP contribution in [0, 0.1) is 5.82 Å². The predicted molar refractivity (Wildman–Crippen MR) is 177 cm³/mol. The van der Waals surface area contributed by atoms with Crippen LogP contribution in [0.3, 0.4) is 0 Å². The van der Waals surface area contributed by atoms with Crippen molar-refractivity contribution in [2.45, 2.75) is 40.2 Å². The number of imide groups is 1. The van der Waals surface area contributed by atoms with Crippen LogP contribution in [0.1, 0.15) is 70.4 Å². The van der Waals surface area contributed by atoms with Crippen molar-refractivity contribution in [3.63, 3.8) is 0 Å². The Hall–Kier alpha value is -5.30. The molecular weight excluding hydrogens is 565 g/mol. The Morgan fingerprint density at radius 1 is 0.711 bits per heavy atom. The molecule has 0 atom stereocenters. The molecule has 0 saturated carbocycles. The molecule has 5 aromatic rings. The van der Waals surface area contributed by atoms with E-state index in [1.807, 2.05) is 60.7 Å². The highest BCUT2D eigenvalue weighted by Gasteiger charge is 2.33. The van der Waals surface area contributed by atoms with Gasteiger partial charge in [-0.25, -0.2) is 4.39 Å². The van der Waals surface area contributed by atoms with Crippen molar-refractivity contribution in [1.29, 1.82) is 0 Å². The van der Waals surface area contributed by atoms with E-state index in [0.717, 1.165) is 33.8 Å². The molecule has 0 bridgehead atoms. The van der Waals surface area contributed by atoms with Gasteiger partial charge in [-0.05, 0) is 79.4 Å². The van der Waals surface area contributed by atoms with E-state index in [0.29, 0.717) is 29.8 Å². The summed E-state index contributed by atoms with van der Waals surface area (Å²) in [5.41, 5.74) is 7.07. The van der Waals surface area contributed by atoms with Crippen LogP contribution in [0.25, 0.3) is 22.4 Å². The van der Waals surface area contributed by atoms with Gasteiger partial charge in [0.1, 0.15) is 5.82 Å². The number of carbonyl (C=O) groups is 3. The highest BCUT2D eigenvalue weighted by Crippen LogP contribution is 2.42. The molecule has 2 heterocycles. The Morgan fingerprint density at radius 2 is 1.24 bits per heavy atom. The maximum Gasteiger partial charge on any atom is 0.261 e. The number of halogens is 1. The van der Waals surface area contributed by atoms with Crippen LogP contribution >= 0.6 is 0 Å². The fraction of sp³-hybridized carbons (Fsp3) is 0.184. The maximum absolute atomic E-state index is 13.7. The fourth-order valence-electron chi connectivity index (χ4n) is 5.83. The fourth-order valence-corrected chi connectivity index (χ4v) is 5.83. The molecule has 3 amide bonds. The van der Waals surface area contributed by atoms with Gasteiger partial charge in [0.15, 0.2) is 0 Å². The summed E-state index contributed by atoms with van der Waals surface area (Å²) in [5, 5.41) is 3.08. The highest BCUT2D eigenvalue weighted by molar-refractivity contribution is 6.21. The molecule has 1 aliphatic rings. The molecule has 1 aliphatic heterocycles. The van der Waals surface area contributed by atoms with Crippen LogP contribution in [0.5, 0.6) is 0 Å². The summed E-state index contributed by atoms with van der Waals surface area (Å²) < 4.78 is 15.9. The first-order valence-electron chi connectivity index (χ1n) is 15.2. The summed E-state index contributed by atoms with van der Waals surface area (Å²) in [6.07, 6.45) is 0. The van der Waals surface area contributed by atoms with Crippen LogP contribution in [0.2, 0.25) is 0 Å². The zero-order valence-corrected chi connectivity index (χ0v) is 25.9. The SMILES string of the molecule is CCN1C(=O)c2ccccc2C1=O.CCn1c(-c2ccc(F)cc2)c(-c2ccccc2)c(C(=O)Nc2ccccc2)c1C(C)C. The summed E-state index contributed by atoms with van der Waals surface area (Å²) in [4.78, 5) is 38.1. The molecule has 0 unspecified atom stereocenters. The summed E-state index contributed by atoms with van der Waals surface area (Å²) >= 11 is 0. The number of anilines is 1. The molecule has 228 valence electrons. The normalized spacial score (nSPS) is 12.2. The van der Waals surface area contributed by atoms with E-state index in [2.05, 4.69) is 30.7 Å². The Bertz CT molecular complexity index is 1790. The number of hydrogen-bond donors (Lipinski definition) is 1. The Morgan fingerprint density at radius 3 is 1.76 bits per heavy atom. The first-order valence-corrected chi connectivity index (χ1v) is 15.2. The number of fused-ring (bicyclic) bond motifs is 1. The molecule has 7 heteroatoms.